The van der Waals surface area contributed by atoms with Gasteiger partial charge >= 0.3 is 0 Å². The van der Waals surface area contributed by atoms with Gasteiger partial charge in [0.25, 0.3) is 15.9 Å². The SMILES string of the molecule is CC(C)C(C)c1ccc(C(=O)NS(=O)(=O)c2cccc(N)n2)c(N2C[C@@H](C)CC2(C)C)n1. The molecule has 174 valence electrons. The average molecular weight is 460 g/mol. The highest BCUT2D eigenvalue weighted by molar-refractivity contribution is 7.90. The Morgan fingerprint density at radius 3 is 2.44 bits per heavy atom. The Kier molecular flexibility index (Phi) is 6.51. The van der Waals surface area contributed by atoms with E-state index >= 15 is 0 Å². The van der Waals surface area contributed by atoms with Crippen molar-refractivity contribution in [3.63, 3.8) is 0 Å². The molecule has 1 aliphatic heterocycles. The Morgan fingerprint density at radius 2 is 1.88 bits per heavy atom. The first-order valence-electron chi connectivity index (χ1n) is 10.9. The Balaban J connectivity index is 2.04. The molecule has 3 rings (SSSR count). The third-order valence-corrected chi connectivity index (χ3v) is 7.42. The molecule has 1 aliphatic rings. The Labute approximate surface area is 190 Å². The molecule has 3 heterocycles. The Hall–Kier alpha value is -2.68. The predicted octanol–water partition coefficient (Wildman–Crippen LogP) is 3.56. The van der Waals surface area contributed by atoms with Gasteiger partial charge in [0.15, 0.2) is 5.03 Å². The molecule has 0 radical (unpaired) electrons. The van der Waals surface area contributed by atoms with Crippen molar-refractivity contribution >= 4 is 27.6 Å². The number of sulfonamides is 1. The highest BCUT2D eigenvalue weighted by Gasteiger charge is 2.39. The fourth-order valence-corrected chi connectivity index (χ4v) is 5.15. The summed E-state index contributed by atoms with van der Waals surface area (Å²) in [5.74, 6) is 0.815. The third kappa shape index (κ3) is 4.87. The molecule has 1 unspecified atom stereocenters. The third-order valence-electron chi connectivity index (χ3n) is 6.18. The van der Waals surface area contributed by atoms with E-state index in [9.17, 15) is 13.2 Å². The summed E-state index contributed by atoms with van der Waals surface area (Å²) >= 11 is 0. The molecule has 1 saturated heterocycles. The average Bonchev–Trinajstić information content (AvgIpc) is 2.98. The molecule has 0 aromatic carbocycles. The standard InChI is InChI=1S/C23H33N5O3S/c1-14(2)16(4)18-11-10-17(21(25-18)28-13-15(3)12-23(28,5)6)22(29)27-32(30,31)20-9-7-8-19(24)26-20/h7-11,14-16H,12-13H2,1-6H3,(H2,24,26)(H,27,29)/t15-,16?/m0/s1. The summed E-state index contributed by atoms with van der Waals surface area (Å²) in [5.41, 5.74) is 6.50. The molecule has 0 aliphatic carbocycles. The van der Waals surface area contributed by atoms with Crippen LogP contribution in [0.3, 0.4) is 0 Å². The van der Waals surface area contributed by atoms with Crippen LogP contribution in [0.2, 0.25) is 0 Å². The second-order valence-electron chi connectivity index (χ2n) is 9.71. The first-order chi connectivity index (χ1) is 14.8. The van der Waals surface area contributed by atoms with Crippen molar-refractivity contribution in [2.75, 3.05) is 17.2 Å². The number of carbonyl (C=O) groups excluding carboxylic acids is 1. The summed E-state index contributed by atoms with van der Waals surface area (Å²) in [5, 5.41) is -0.305. The number of carbonyl (C=O) groups is 1. The Bertz CT molecular complexity index is 1110. The van der Waals surface area contributed by atoms with Crippen molar-refractivity contribution in [2.24, 2.45) is 11.8 Å². The number of amides is 1. The zero-order valence-corrected chi connectivity index (χ0v) is 20.4. The maximum Gasteiger partial charge on any atom is 0.281 e. The first-order valence-corrected chi connectivity index (χ1v) is 12.4. The number of aromatic nitrogens is 2. The van der Waals surface area contributed by atoms with Crippen molar-refractivity contribution in [2.45, 2.75) is 64.4 Å². The van der Waals surface area contributed by atoms with Crippen molar-refractivity contribution < 1.29 is 13.2 Å². The second kappa shape index (κ2) is 8.69. The second-order valence-corrected chi connectivity index (χ2v) is 11.3. The molecule has 32 heavy (non-hydrogen) atoms. The van der Waals surface area contributed by atoms with Crippen LogP contribution in [0.1, 0.15) is 69.9 Å². The van der Waals surface area contributed by atoms with Gasteiger partial charge < -0.3 is 10.6 Å². The van der Waals surface area contributed by atoms with Crippen molar-refractivity contribution in [1.29, 1.82) is 0 Å². The minimum Gasteiger partial charge on any atom is -0.384 e. The zero-order valence-electron chi connectivity index (χ0n) is 19.6. The number of anilines is 2. The molecular weight excluding hydrogens is 426 g/mol. The maximum atomic E-state index is 13.2. The van der Waals surface area contributed by atoms with Crippen molar-refractivity contribution in [3.05, 3.63) is 41.6 Å². The van der Waals surface area contributed by atoms with E-state index in [4.69, 9.17) is 10.7 Å². The largest absolute Gasteiger partial charge is 0.384 e. The maximum absolute atomic E-state index is 13.2. The normalized spacial score (nSPS) is 19.2. The molecule has 9 heteroatoms. The number of pyridine rings is 2. The molecule has 0 bridgehead atoms. The van der Waals surface area contributed by atoms with E-state index in [1.54, 1.807) is 12.1 Å². The van der Waals surface area contributed by atoms with Crippen LogP contribution in [-0.2, 0) is 10.0 Å². The molecule has 0 saturated carbocycles. The van der Waals surface area contributed by atoms with Gasteiger partial charge in [-0.2, -0.15) is 8.42 Å². The topological polar surface area (TPSA) is 118 Å². The number of nitrogen functional groups attached to an aromatic ring is 1. The lowest BCUT2D eigenvalue weighted by Crippen LogP contribution is -2.41. The van der Waals surface area contributed by atoms with Crippen LogP contribution in [0.5, 0.6) is 0 Å². The van der Waals surface area contributed by atoms with E-state index in [0.29, 0.717) is 17.7 Å². The fourth-order valence-electron chi connectivity index (χ4n) is 4.21. The number of hydrogen-bond donors (Lipinski definition) is 2. The minimum atomic E-state index is -4.19. The van der Waals surface area contributed by atoms with E-state index in [-0.39, 0.29) is 27.9 Å². The number of nitrogens with one attached hydrogen (secondary N) is 1. The van der Waals surface area contributed by atoms with E-state index in [1.807, 2.05) is 0 Å². The summed E-state index contributed by atoms with van der Waals surface area (Å²) in [7, 11) is -4.19. The van der Waals surface area contributed by atoms with E-state index in [1.165, 1.54) is 18.2 Å². The van der Waals surface area contributed by atoms with Gasteiger partial charge in [0.05, 0.1) is 5.56 Å². The molecule has 2 aromatic heterocycles. The summed E-state index contributed by atoms with van der Waals surface area (Å²) in [6.45, 7) is 13.5. The number of rotatable bonds is 6. The van der Waals surface area contributed by atoms with Crippen LogP contribution >= 0.6 is 0 Å². The number of hydrogen-bond acceptors (Lipinski definition) is 7. The van der Waals surface area contributed by atoms with E-state index in [2.05, 4.69) is 56.1 Å². The van der Waals surface area contributed by atoms with Crippen molar-refractivity contribution in [1.82, 2.24) is 14.7 Å². The molecular formula is C23H33N5O3S. The van der Waals surface area contributed by atoms with Gasteiger partial charge in [0.1, 0.15) is 11.6 Å². The fraction of sp³-hybridized carbons (Fsp3) is 0.522. The molecule has 8 nitrogen and oxygen atoms in total. The lowest BCUT2D eigenvalue weighted by Gasteiger charge is -2.34. The molecule has 1 amide bonds. The quantitative estimate of drug-likeness (QED) is 0.678. The summed E-state index contributed by atoms with van der Waals surface area (Å²) < 4.78 is 27.7. The number of nitrogens with two attached hydrogens (primary N) is 1. The number of nitrogens with zero attached hydrogens (tertiary/aromatic N) is 3. The van der Waals surface area contributed by atoms with Gasteiger partial charge in [-0.15, -0.1) is 0 Å². The van der Waals surface area contributed by atoms with Crippen LogP contribution in [0.15, 0.2) is 35.4 Å². The highest BCUT2D eigenvalue weighted by Crippen LogP contribution is 2.38. The Morgan fingerprint density at radius 1 is 1.19 bits per heavy atom. The van der Waals surface area contributed by atoms with Crippen molar-refractivity contribution in [3.8, 4) is 0 Å². The van der Waals surface area contributed by atoms with E-state index in [0.717, 1.165) is 18.7 Å². The van der Waals surface area contributed by atoms with Gasteiger partial charge in [0.2, 0.25) is 0 Å². The summed E-state index contributed by atoms with van der Waals surface area (Å²) in [6, 6.07) is 7.73. The molecule has 0 spiro atoms. The first kappa shape index (κ1) is 24.0. The highest BCUT2D eigenvalue weighted by atomic mass is 32.2. The summed E-state index contributed by atoms with van der Waals surface area (Å²) in [6.07, 6.45) is 0.950. The van der Waals surface area contributed by atoms with Crippen LogP contribution in [0.4, 0.5) is 11.6 Å². The molecule has 2 atom stereocenters. The molecule has 2 aromatic rings. The monoisotopic (exact) mass is 459 g/mol. The molecule has 3 N–H and O–H groups in total. The zero-order chi connectivity index (χ0) is 23.8. The van der Waals surface area contributed by atoms with Gasteiger partial charge in [-0.3, -0.25) is 4.79 Å². The van der Waals surface area contributed by atoms with Crippen LogP contribution in [0.25, 0.3) is 0 Å². The lowest BCUT2D eigenvalue weighted by molar-refractivity contribution is 0.0981. The van der Waals surface area contributed by atoms with Gasteiger partial charge in [0, 0.05) is 23.7 Å². The van der Waals surface area contributed by atoms with E-state index < -0.39 is 15.9 Å². The molecule has 1 fully saturated rings. The minimum absolute atomic E-state index is 0.0579. The summed E-state index contributed by atoms with van der Waals surface area (Å²) in [4.78, 5) is 24.0. The smallest absolute Gasteiger partial charge is 0.281 e. The van der Waals surface area contributed by atoms with Gasteiger partial charge in [-0.05, 0) is 56.4 Å². The predicted molar refractivity (Wildman–Crippen MR) is 126 cm³/mol. The lowest BCUT2D eigenvalue weighted by atomic mass is 9.93. The van der Waals surface area contributed by atoms with Crippen LogP contribution in [0, 0.1) is 11.8 Å². The van der Waals surface area contributed by atoms with Gasteiger partial charge in [-0.25, -0.2) is 14.7 Å². The van der Waals surface area contributed by atoms with Crippen LogP contribution in [-0.4, -0.2) is 36.4 Å². The van der Waals surface area contributed by atoms with Crippen LogP contribution < -0.4 is 15.4 Å². The van der Waals surface area contributed by atoms with Gasteiger partial charge in [-0.1, -0.05) is 33.8 Å².